The van der Waals surface area contributed by atoms with Crippen LogP contribution in [0, 0.1) is 5.92 Å². The third kappa shape index (κ3) is 6.68. The van der Waals surface area contributed by atoms with Crippen LogP contribution in [-0.2, 0) is 0 Å². The first-order valence-electron chi connectivity index (χ1n) is 14.5. The normalized spacial score (nSPS) is 17.9. The van der Waals surface area contributed by atoms with Gasteiger partial charge in [-0.2, -0.15) is 0 Å². The number of allylic oxidation sites excluding steroid dienone is 6. The molecule has 202 valence electrons. The van der Waals surface area contributed by atoms with E-state index in [2.05, 4.69) is 107 Å². The van der Waals surface area contributed by atoms with Crippen LogP contribution in [0.4, 0.5) is 0 Å². The van der Waals surface area contributed by atoms with E-state index < -0.39 is 0 Å². The lowest BCUT2D eigenvalue weighted by Gasteiger charge is -2.32. The Morgan fingerprint density at radius 2 is 1.89 bits per heavy atom. The van der Waals surface area contributed by atoms with Crippen LogP contribution in [-0.4, -0.2) is 36.6 Å². The van der Waals surface area contributed by atoms with E-state index in [0.29, 0.717) is 17.8 Å². The Balaban J connectivity index is 2.01. The zero-order valence-corrected chi connectivity index (χ0v) is 24.8. The average molecular weight is 502 g/mol. The first-order chi connectivity index (χ1) is 17.8. The van der Waals surface area contributed by atoms with Crippen LogP contribution in [0.25, 0.3) is 16.5 Å². The van der Waals surface area contributed by atoms with Gasteiger partial charge < -0.3 is 10.3 Å². The van der Waals surface area contributed by atoms with Crippen molar-refractivity contribution >= 4 is 16.5 Å². The molecule has 1 aromatic heterocycles. The summed E-state index contributed by atoms with van der Waals surface area (Å²) in [4.78, 5) is 6.44. The number of rotatable bonds is 11. The number of likely N-dealkylation sites (N-methyl/N-ethyl adjacent to an activating group) is 1. The molecule has 1 aromatic carbocycles. The number of aromatic amines is 1. The van der Waals surface area contributed by atoms with E-state index in [4.69, 9.17) is 0 Å². The van der Waals surface area contributed by atoms with Crippen molar-refractivity contribution in [2.75, 3.05) is 26.7 Å². The first kappa shape index (κ1) is 29.0. The maximum absolute atomic E-state index is 4.18. The van der Waals surface area contributed by atoms with Gasteiger partial charge in [-0.1, -0.05) is 71.1 Å². The number of fused-ring (bicyclic) bond motifs is 1. The summed E-state index contributed by atoms with van der Waals surface area (Å²) >= 11 is 0. The molecule has 2 N–H and O–H groups in total. The maximum atomic E-state index is 4.18. The third-order valence-electron chi connectivity index (χ3n) is 8.57. The molecule has 1 aliphatic heterocycles. The number of benzene rings is 1. The van der Waals surface area contributed by atoms with E-state index in [9.17, 15) is 0 Å². The van der Waals surface area contributed by atoms with Crippen LogP contribution >= 0.6 is 0 Å². The number of hydrogen-bond donors (Lipinski definition) is 2. The molecule has 0 spiro atoms. The number of piperidine rings is 1. The quantitative estimate of drug-likeness (QED) is 0.301. The van der Waals surface area contributed by atoms with Crippen molar-refractivity contribution in [1.82, 2.24) is 15.2 Å². The lowest BCUT2D eigenvalue weighted by Crippen LogP contribution is -2.36. The van der Waals surface area contributed by atoms with Gasteiger partial charge >= 0.3 is 0 Å². The fourth-order valence-corrected chi connectivity index (χ4v) is 5.74. The van der Waals surface area contributed by atoms with Gasteiger partial charge in [0.05, 0.1) is 5.69 Å². The zero-order chi connectivity index (χ0) is 27.1. The molecule has 1 fully saturated rings. The molecule has 3 rings (SSSR count). The van der Waals surface area contributed by atoms with E-state index >= 15 is 0 Å². The molecule has 2 heterocycles. The van der Waals surface area contributed by atoms with Gasteiger partial charge in [-0.25, -0.2) is 0 Å². The monoisotopic (exact) mass is 501 g/mol. The summed E-state index contributed by atoms with van der Waals surface area (Å²) in [5.74, 6) is 1.63. The number of hydrogen-bond acceptors (Lipinski definition) is 2. The van der Waals surface area contributed by atoms with Crippen molar-refractivity contribution in [3.8, 4) is 0 Å². The lowest BCUT2D eigenvalue weighted by atomic mass is 9.86. The predicted octanol–water partition coefficient (Wildman–Crippen LogP) is 8.94. The molecule has 1 saturated heterocycles. The topological polar surface area (TPSA) is 31.1 Å². The molecule has 37 heavy (non-hydrogen) atoms. The van der Waals surface area contributed by atoms with Crippen LogP contribution in [0.1, 0.15) is 103 Å². The summed E-state index contributed by atoms with van der Waals surface area (Å²) < 4.78 is 0. The largest absolute Gasteiger partial charge is 0.391 e. The second kappa shape index (κ2) is 13.3. The molecule has 3 heteroatoms. The summed E-state index contributed by atoms with van der Waals surface area (Å²) in [6, 6.07) is 7.20. The van der Waals surface area contributed by atoms with Gasteiger partial charge in [0, 0.05) is 35.8 Å². The summed E-state index contributed by atoms with van der Waals surface area (Å²) in [6.45, 7) is 23.4. The van der Waals surface area contributed by atoms with Gasteiger partial charge in [0.15, 0.2) is 0 Å². The molecule has 1 aliphatic rings. The summed E-state index contributed by atoms with van der Waals surface area (Å²) in [7, 11) is 2.02. The fourth-order valence-electron chi connectivity index (χ4n) is 5.74. The van der Waals surface area contributed by atoms with Crippen LogP contribution in [0.3, 0.4) is 0 Å². The number of likely N-dealkylation sites (tertiary alicyclic amines) is 1. The Bertz CT molecular complexity index is 1150. The molecular weight excluding hydrogens is 450 g/mol. The van der Waals surface area contributed by atoms with Crippen molar-refractivity contribution in [2.45, 2.75) is 86.0 Å². The highest BCUT2D eigenvalue weighted by molar-refractivity contribution is 5.93. The van der Waals surface area contributed by atoms with E-state index in [1.165, 1.54) is 63.0 Å². The smallest absolute Gasteiger partial charge is 0.0502 e. The van der Waals surface area contributed by atoms with Gasteiger partial charge in [-0.05, 0) is 99.2 Å². The third-order valence-corrected chi connectivity index (χ3v) is 8.57. The first-order valence-corrected chi connectivity index (χ1v) is 14.5. The van der Waals surface area contributed by atoms with Gasteiger partial charge in [0.25, 0.3) is 0 Å². The van der Waals surface area contributed by atoms with Crippen LogP contribution in [0.2, 0.25) is 0 Å². The molecule has 1 atom stereocenters. The Labute approximate surface area is 226 Å². The molecule has 0 amide bonds. The summed E-state index contributed by atoms with van der Waals surface area (Å²) in [6.07, 6.45) is 11.2. The van der Waals surface area contributed by atoms with Crippen molar-refractivity contribution in [2.24, 2.45) is 5.92 Å². The Morgan fingerprint density at radius 3 is 2.43 bits per heavy atom. The van der Waals surface area contributed by atoms with Crippen LogP contribution < -0.4 is 5.32 Å². The fraction of sp³-hybridized carbons (Fsp3) is 0.529. The highest BCUT2D eigenvalue weighted by Crippen LogP contribution is 2.39. The van der Waals surface area contributed by atoms with Crippen molar-refractivity contribution in [1.29, 1.82) is 0 Å². The highest BCUT2D eigenvalue weighted by atomic mass is 15.1. The van der Waals surface area contributed by atoms with Crippen LogP contribution in [0.15, 0.2) is 59.8 Å². The molecular formula is C34H51N3. The molecule has 2 aromatic rings. The molecule has 3 nitrogen and oxygen atoms in total. The van der Waals surface area contributed by atoms with Crippen molar-refractivity contribution in [3.63, 3.8) is 0 Å². The minimum atomic E-state index is 0.428. The maximum Gasteiger partial charge on any atom is 0.0502 e. The number of nitrogens with zero attached hydrogens (tertiary/aromatic N) is 1. The van der Waals surface area contributed by atoms with Gasteiger partial charge in [0.1, 0.15) is 0 Å². The van der Waals surface area contributed by atoms with E-state index in [1.54, 1.807) is 0 Å². The van der Waals surface area contributed by atoms with Gasteiger partial charge in [-0.15, -0.1) is 0 Å². The zero-order valence-electron chi connectivity index (χ0n) is 24.8. The van der Waals surface area contributed by atoms with E-state index in [-0.39, 0.29) is 0 Å². The highest BCUT2D eigenvalue weighted by Gasteiger charge is 2.24. The average Bonchev–Trinajstić information content (AvgIpc) is 3.30. The van der Waals surface area contributed by atoms with E-state index in [0.717, 1.165) is 32.5 Å². The number of nitrogens with one attached hydrogen (secondary N) is 2. The number of H-pyrrole nitrogens is 1. The van der Waals surface area contributed by atoms with Crippen molar-refractivity contribution in [3.05, 3.63) is 76.7 Å². The Morgan fingerprint density at radius 1 is 1.19 bits per heavy atom. The molecule has 0 aliphatic carbocycles. The minimum absolute atomic E-state index is 0.428. The molecule has 0 unspecified atom stereocenters. The van der Waals surface area contributed by atoms with Gasteiger partial charge in [0.2, 0.25) is 0 Å². The standard InChI is InChI=1S/C34H51N3/c1-10-24(7)25(8)20-30(26(11-2)12-3)34-33(23(5)6)31-21-28(14-15-32(31)36-34)27-16-18-37(19-17-27)22-29(13-4)35-9/h11,13-15,20-21,23-24,27,35-36H,2,10,12,16-19,22H2,1,3-9H3/b25-20-,29-13-,30-26-/t24-/m1/s1. The second-order valence-electron chi connectivity index (χ2n) is 11.2. The second-order valence-corrected chi connectivity index (χ2v) is 11.2. The van der Waals surface area contributed by atoms with Gasteiger partial charge in [-0.3, -0.25) is 4.90 Å². The predicted molar refractivity (Wildman–Crippen MR) is 164 cm³/mol. The molecule has 0 saturated carbocycles. The SMILES string of the molecule is C=C/C(CC)=C(\C=C(\C)[C@H](C)CC)c1[nH]c2ccc(C3CCN(C/C(=C/C)NC)CC3)cc2c1C(C)C. The summed E-state index contributed by atoms with van der Waals surface area (Å²) in [5, 5.41) is 4.72. The molecule has 0 radical (unpaired) electrons. The lowest BCUT2D eigenvalue weighted by molar-refractivity contribution is 0.225. The number of aromatic nitrogens is 1. The summed E-state index contributed by atoms with van der Waals surface area (Å²) in [5.41, 5.74) is 10.8. The molecule has 0 bridgehead atoms. The van der Waals surface area contributed by atoms with E-state index in [1.807, 2.05) is 7.05 Å². The van der Waals surface area contributed by atoms with Crippen LogP contribution in [0.5, 0.6) is 0 Å². The Hall–Kier alpha value is -2.52. The van der Waals surface area contributed by atoms with Crippen molar-refractivity contribution < 1.29 is 0 Å². The minimum Gasteiger partial charge on any atom is -0.391 e. The Kier molecular flexibility index (Phi) is 10.5.